The Morgan fingerprint density at radius 1 is 0.457 bits per heavy atom. The van der Waals surface area contributed by atoms with Gasteiger partial charge in [-0.2, -0.15) is 0 Å². The number of hydrogen-bond donors (Lipinski definition) is 0. The van der Waals surface area contributed by atoms with E-state index in [1.54, 1.807) is 0 Å². The van der Waals surface area contributed by atoms with Crippen molar-refractivity contribution in [3.05, 3.63) is 163 Å². The lowest BCUT2D eigenvalue weighted by atomic mass is 10.2. The van der Waals surface area contributed by atoms with Gasteiger partial charge in [-0.15, -0.1) is 0 Å². The van der Waals surface area contributed by atoms with Crippen LogP contribution in [0.25, 0.3) is 0 Å². The van der Waals surface area contributed by atoms with Crippen LogP contribution in [0.2, 0.25) is 0 Å². The summed E-state index contributed by atoms with van der Waals surface area (Å²) in [7, 11) is -2.42. The molecule has 0 aliphatic heterocycles. The van der Waals surface area contributed by atoms with E-state index < -0.39 is 7.26 Å². The van der Waals surface area contributed by atoms with Crippen LogP contribution in [0.15, 0.2) is 163 Å². The van der Waals surface area contributed by atoms with Gasteiger partial charge in [0.1, 0.15) is 23.2 Å². The van der Waals surface area contributed by atoms with Crippen molar-refractivity contribution in [2.75, 3.05) is 4.90 Å². The Bertz CT molecular complexity index is 1240. The smallest absolute Gasteiger partial charge is 0.137 e. The molecule has 0 bridgehead atoms. The van der Waals surface area contributed by atoms with Gasteiger partial charge >= 0.3 is 0 Å². The number of rotatable bonds is 7. The van der Waals surface area contributed by atoms with E-state index in [1.165, 1.54) is 0 Å². The summed E-state index contributed by atoms with van der Waals surface area (Å²) in [5, 5.41) is 17.8. The summed E-state index contributed by atoms with van der Waals surface area (Å²) >= 11 is 0. The fourth-order valence-corrected chi connectivity index (χ4v) is 8.16. The normalized spacial score (nSPS) is 11.7. The topological polar surface area (TPSA) is 26.3 Å². The maximum Gasteiger partial charge on any atom is 0.137 e. The highest BCUT2D eigenvalue weighted by atomic mass is 31.2. The molecule has 3 heteroatoms. The summed E-state index contributed by atoms with van der Waals surface area (Å²) in [5.74, 6) is 1.93. The molecule has 5 aromatic carbocycles. The van der Waals surface area contributed by atoms with E-state index in [0.717, 1.165) is 27.3 Å². The van der Waals surface area contributed by atoms with Crippen molar-refractivity contribution in [1.29, 1.82) is 0 Å². The highest BCUT2D eigenvalue weighted by molar-refractivity contribution is 7.98. The first-order valence-electron chi connectivity index (χ1n) is 11.6. The van der Waals surface area contributed by atoms with Crippen molar-refractivity contribution >= 4 is 34.6 Å². The van der Waals surface area contributed by atoms with E-state index in [0.29, 0.717) is 0 Å². The molecule has 0 aliphatic rings. The van der Waals surface area contributed by atoms with Crippen molar-refractivity contribution in [3.8, 4) is 0 Å². The minimum Gasteiger partial charge on any atom is -0.857 e. The molecule has 0 fully saturated rings. The third-order valence-corrected chi connectivity index (χ3v) is 9.99. The molecule has 0 atom stereocenters. The van der Waals surface area contributed by atoms with Crippen LogP contribution in [0.5, 0.6) is 0 Å². The molecule has 0 heterocycles. The lowest BCUT2D eigenvalue weighted by molar-refractivity contribution is -0.303. The van der Waals surface area contributed by atoms with Gasteiger partial charge in [0.15, 0.2) is 0 Å². The van der Waals surface area contributed by atoms with Gasteiger partial charge in [0.05, 0.1) is 5.82 Å². The van der Waals surface area contributed by atoms with Gasteiger partial charge in [-0.1, -0.05) is 91.0 Å². The average Bonchev–Trinajstić information content (AvgIpc) is 2.94. The second-order valence-electron chi connectivity index (χ2n) is 8.20. The molecule has 0 radical (unpaired) electrons. The molecular formula is C32H26NOP. The van der Waals surface area contributed by atoms with Crippen LogP contribution in [-0.2, 0) is 0 Å². The molecular weight excluding hydrogens is 445 g/mol. The first kappa shape index (κ1) is 22.7. The van der Waals surface area contributed by atoms with Crippen LogP contribution >= 0.6 is 7.26 Å². The number of nitrogens with zero attached hydrogens (tertiary/aromatic N) is 1. The number of anilines is 2. The molecule has 0 aliphatic carbocycles. The SMILES string of the molecule is [O-]/C(=C\[P+](c1ccccc1)(c1ccccc1)c1ccccc1)N(c1ccccc1)c1ccccc1. The van der Waals surface area contributed by atoms with Gasteiger partial charge in [0, 0.05) is 17.3 Å². The summed E-state index contributed by atoms with van der Waals surface area (Å²) in [6.45, 7) is 0. The zero-order valence-corrected chi connectivity index (χ0v) is 20.2. The van der Waals surface area contributed by atoms with Crippen molar-refractivity contribution in [2.45, 2.75) is 0 Å². The van der Waals surface area contributed by atoms with Gasteiger partial charge in [-0.25, -0.2) is 0 Å². The summed E-state index contributed by atoms with van der Waals surface area (Å²) in [4.78, 5) is 1.81. The summed E-state index contributed by atoms with van der Waals surface area (Å²) in [6.07, 6.45) is 0. The van der Waals surface area contributed by atoms with Crippen LogP contribution in [0, 0.1) is 0 Å². The number of benzene rings is 5. The maximum absolute atomic E-state index is 14.4. The predicted octanol–water partition coefficient (Wildman–Crippen LogP) is 5.98. The highest BCUT2D eigenvalue weighted by Crippen LogP contribution is 2.57. The van der Waals surface area contributed by atoms with E-state index in [2.05, 4.69) is 72.8 Å². The van der Waals surface area contributed by atoms with Gasteiger partial charge in [-0.05, 0) is 60.7 Å². The predicted molar refractivity (Wildman–Crippen MR) is 148 cm³/mol. The second-order valence-corrected chi connectivity index (χ2v) is 11.5. The van der Waals surface area contributed by atoms with Crippen LogP contribution in [0.3, 0.4) is 0 Å². The molecule has 0 spiro atoms. The Hall–Kier alpha value is -4.13. The summed E-state index contributed by atoms with van der Waals surface area (Å²) < 4.78 is 0. The highest BCUT2D eigenvalue weighted by Gasteiger charge is 2.43. The Kier molecular flexibility index (Phi) is 6.75. The Morgan fingerprint density at radius 3 is 1.06 bits per heavy atom. The van der Waals surface area contributed by atoms with E-state index in [9.17, 15) is 5.11 Å². The third kappa shape index (κ3) is 4.62. The fourth-order valence-electron chi connectivity index (χ4n) is 4.44. The Labute approximate surface area is 207 Å². The largest absolute Gasteiger partial charge is 0.857 e. The third-order valence-electron chi connectivity index (χ3n) is 6.04. The van der Waals surface area contributed by atoms with Crippen LogP contribution in [0.4, 0.5) is 11.4 Å². The standard InChI is InChI=1S/C32H26NOP/c34-32(33(27-16-6-1-7-17-27)28-18-8-2-9-19-28)26-35(29-20-10-3-11-21-29,30-22-12-4-13-23-30)31-24-14-5-15-25-31/h1-26H/b32-26-. The van der Waals surface area contributed by atoms with Crippen molar-refractivity contribution in [3.63, 3.8) is 0 Å². The van der Waals surface area contributed by atoms with Crippen molar-refractivity contribution in [1.82, 2.24) is 0 Å². The average molecular weight is 472 g/mol. The lowest BCUT2D eigenvalue weighted by Gasteiger charge is -2.33. The van der Waals surface area contributed by atoms with E-state index in [4.69, 9.17) is 0 Å². The molecule has 0 aromatic heterocycles. The molecule has 0 unspecified atom stereocenters. The molecule has 0 saturated carbocycles. The zero-order chi connectivity index (χ0) is 23.9. The molecule has 2 nitrogen and oxygen atoms in total. The maximum atomic E-state index is 14.4. The van der Waals surface area contributed by atoms with Gasteiger partial charge in [0.2, 0.25) is 0 Å². The first-order chi connectivity index (χ1) is 17.3. The lowest BCUT2D eigenvalue weighted by Crippen LogP contribution is -2.33. The number of hydrogen-bond acceptors (Lipinski definition) is 2. The van der Waals surface area contributed by atoms with Crippen molar-refractivity contribution < 1.29 is 5.11 Å². The van der Waals surface area contributed by atoms with Crippen molar-refractivity contribution in [2.24, 2.45) is 0 Å². The van der Waals surface area contributed by atoms with Gasteiger partial charge < -0.3 is 10.0 Å². The van der Waals surface area contributed by atoms with Gasteiger partial charge in [0.25, 0.3) is 0 Å². The molecule has 170 valence electrons. The fraction of sp³-hybridized carbons (Fsp3) is 0. The summed E-state index contributed by atoms with van der Waals surface area (Å²) in [5.41, 5.74) is 1.68. The molecule has 0 saturated heterocycles. The number of para-hydroxylation sites is 2. The quantitative estimate of drug-likeness (QED) is 0.216. The van der Waals surface area contributed by atoms with Crippen LogP contribution < -0.4 is 25.9 Å². The minimum absolute atomic E-state index is 0.0488. The molecule has 0 amide bonds. The van der Waals surface area contributed by atoms with E-state index in [-0.39, 0.29) is 5.88 Å². The molecule has 0 N–H and O–H groups in total. The zero-order valence-electron chi connectivity index (χ0n) is 19.3. The van der Waals surface area contributed by atoms with Crippen LogP contribution in [-0.4, -0.2) is 0 Å². The van der Waals surface area contributed by atoms with Gasteiger partial charge in [-0.3, -0.25) is 0 Å². The minimum atomic E-state index is -2.42. The Morgan fingerprint density at radius 2 is 0.743 bits per heavy atom. The molecule has 5 rings (SSSR count). The molecule has 5 aromatic rings. The summed E-state index contributed by atoms with van der Waals surface area (Å²) in [6, 6.07) is 51.0. The van der Waals surface area contributed by atoms with Crippen LogP contribution in [0.1, 0.15) is 0 Å². The van der Waals surface area contributed by atoms with E-state index >= 15 is 0 Å². The second kappa shape index (κ2) is 10.4. The van der Waals surface area contributed by atoms with E-state index in [1.807, 2.05) is 89.6 Å². The first-order valence-corrected chi connectivity index (χ1v) is 13.5. The molecule has 35 heavy (non-hydrogen) atoms. The monoisotopic (exact) mass is 471 g/mol. The Balaban J connectivity index is 1.80.